The lowest BCUT2D eigenvalue weighted by Crippen LogP contribution is -2.10. The van der Waals surface area contributed by atoms with Gasteiger partial charge in [-0.05, 0) is 36.3 Å². The number of hydrogen-bond donors (Lipinski definition) is 1. The topological polar surface area (TPSA) is 60.4 Å². The van der Waals surface area contributed by atoms with Gasteiger partial charge in [-0.15, -0.1) is 11.6 Å². The predicted molar refractivity (Wildman–Crippen MR) is 60.1 cm³/mol. The number of carbonyl (C=O) groups is 1. The predicted octanol–water partition coefficient (Wildman–Crippen LogP) is 2.04. The molecule has 0 saturated heterocycles. The number of carboxylic acids is 1. The summed E-state index contributed by atoms with van der Waals surface area (Å²) in [7, 11) is 0. The minimum absolute atomic E-state index is 0.208. The van der Waals surface area contributed by atoms with Gasteiger partial charge in [0.15, 0.2) is 4.90 Å². The van der Waals surface area contributed by atoms with E-state index in [2.05, 4.69) is 0 Å². The van der Waals surface area contributed by atoms with Crippen molar-refractivity contribution < 1.29 is 14.5 Å². The van der Waals surface area contributed by atoms with Crippen LogP contribution in [-0.2, 0) is 11.2 Å². The molecule has 15 heavy (non-hydrogen) atoms. The van der Waals surface area contributed by atoms with Crippen molar-refractivity contribution >= 4 is 28.7 Å². The van der Waals surface area contributed by atoms with Gasteiger partial charge in [-0.3, -0.25) is 0 Å². The number of alkyl halides is 1. The summed E-state index contributed by atoms with van der Waals surface area (Å²) in [6.07, 6.45) is 0. The second-order valence-corrected chi connectivity index (χ2v) is 4.94. The van der Waals surface area contributed by atoms with Gasteiger partial charge in [-0.1, -0.05) is 0 Å². The second kappa shape index (κ2) is 5.39. The third kappa shape index (κ3) is 3.12. The van der Waals surface area contributed by atoms with Gasteiger partial charge in [-0.2, -0.15) is 0 Å². The Bertz CT molecular complexity index is 368. The molecule has 0 heterocycles. The van der Waals surface area contributed by atoms with Crippen LogP contribution in [-0.4, -0.2) is 27.3 Å². The van der Waals surface area contributed by atoms with Crippen molar-refractivity contribution in [3.05, 3.63) is 29.3 Å². The first-order chi connectivity index (χ1) is 7.06. The number of halogens is 1. The van der Waals surface area contributed by atoms with E-state index in [1.165, 1.54) is 12.1 Å². The average Bonchev–Trinajstić information content (AvgIpc) is 2.17. The van der Waals surface area contributed by atoms with Crippen LogP contribution in [0.4, 0.5) is 0 Å². The Balaban J connectivity index is 2.97. The van der Waals surface area contributed by atoms with Crippen LogP contribution >= 0.6 is 11.6 Å². The van der Waals surface area contributed by atoms with Crippen LogP contribution in [0.25, 0.3) is 0 Å². The van der Waals surface area contributed by atoms with Crippen molar-refractivity contribution in [2.75, 3.05) is 11.6 Å². The van der Waals surface area contributed by atoms with E-state index < -0.39 is 17.1 Å². The maximum Gasteiger partial charge on any atom is 0.335 e. The molecule has 0 aliphatic carbocycles. The quantitative estimate of drug-likeness (QED) is 0.653. The molecule has 1 atom stereocenters. The van der Waals surface area contributed by atoms with Crippen molar-refractivity contribution in [2.45, 2.75) is 11.8 Å². The van der Waals surface area contributed by atoms with E-state index in [4.69, 9.17) is 16.7 Å². The van der Waals surface area contributed by atoms with Gasteiger partial charge in [0.25, 0.3) is 0 Å². The highest BCUT2D eigenvalue weighted by atomic mass is 35.5. The molecule has 0 spiro atoms. The van der Waals surface area contributed by atoms with Gasteiger partial charge >= 0.3 is 5.97 Å². The maximum absolute atomic E-state index is 11.6. The van der Waals surface area contributed by atoms with E-state index in [9.17, 15) is 9.35 Å². The molecule has 0 bridgehead atoms. The lowest BCUT2D eigenvalue weighted by Gasteiger charge is -2.11. The molecule has 5 heteroatoms. The molecule has 3 nitrogen and oxygen atoms in total. The monoisotopic (exact) mass is 246 g/mol. The van der Waals surface area contributed by atoms with Crippen molar-refractivity contribution in [2.24, 2.45) is 0 Å². The minimum Gasteiger partial charge on any atom is -0.611 e. The number of aryl methyl sites for hydroxylation is 1. The van der Waals surface area contributed by atoms with E-state index >= 15 is 0 Å². The summed E-state index contributed by atoms with van der Waals surface area (Å²) >= 11 is 4.35. The van der Waals surface area contributed by atoms with Crippen molar-refractivity contribution in [3.8, 4) is 0 Å². The fourth-order valence-electron chi connectivity index (χ4n) is 1.22. The van der Waals surface area contributed by atoms with Crippen LogP contribution in [0.3, 0.4) is 0 Å². The van der Waals surface area contributed by atoms with Crippen LogP contribution in [0.2, 0.25) is 0 Å². The van der Waals surface area contributed by atoms with Crippen LogP contribution in [0.15, 0.2) is 23.1 Å². The Morgan fingerprint density at radius 1 is 1.60 bits per heavy atom. The molecule has 1 unspecified atom stereocenters. The average molecular weight is 247 g/mol. The first kappa shape index (κ1) is 12.4. The maximum atomic E-state index is 11.6. The van der Waals surface area contributed by atoms with Gasteiger partial charge in [0.1, 0.15) is 5.75 Å². The molecular formula is C10H11ClO3S. The standard InChI is InChI=1S/C10H11ClO3S/c1-7-6-8(10(12)13)2-3-9(7)15(14)5-4-11/h2-3,6H,4-5H2,1H3,(H,12,13). The fourth-order valence-corrected chi connectivity index (χ4v) is 2.64. The summed E-state index contributed by atoms with van der Waals surface area (Å²) in [5, 5.41) is 8.75. The Labute approximate surface area is 96.2 Å². The van der Waals surface area contributed by atoms with Crippen molar-refractivity contribution in [1.29, 1.82) is 0 Å². The molecule has 0 amide bonds. The second-order valence-electron chi connectivity index (χ2n) is 3.02. The number of aromatic carboxylic acids is 1. The minimum atomic E-state index is -1.14. The van der Waals surface area contributed by atoms with E-state index in [0.717, 1.165) is 5.56 Å². The zero-order chi connectivity index (χ0) is 11.4. The first-order valence-corrected chi connectivity index (χ1v) is 6.20. The van der Waals surface area contributed by atoms with Gasteiger partial charge in [0.2, 0.25) is 0 Å². The SMILES string of the molecule is Cc1cc(C(=O)O)ccc1[S+]([O-])CCCl. The summed E-state index contributed by atoms with van der Waals surface area (Å²) in [5.74, 6) is -0.269. The van der Waals surface area contributed by atoms with E-state index in [-0.39, 0.29) is 5.56 Å². The van der Waals surface area contributed by atoms with Gasteiger partial charge in [0, 0.05) is 5.56 Å². The number of rotatable bonds is 4. The molecule has 0 saturated carbocycles. The summed E-state index contributed by atoms with van der Waals surface area (Å²) < 4.78 is 11.6. The first-order valence-electron chi connectivity index (χ1n) is 4.34. The lowest BCUT2D eigenvalue weighted by molar-refractivity contribution is 0.0696. The summed E-state index contributed by atoms with van der Waals surface area (Å²) in [6, 6.07) is 4.56. The summed E-state index contributed by atoms with van der Waals surface area (Å²) in [6.45, 7) is 1.74. The van der Waals surface area contributed by atoms with E-state index in [1.54, 1.807) is 13.0 Å². The number of hydrogen-bond acceptors (Lipinski definition) is 2. The van der Waals surface area contributed by atoms with Crippen LogP contribution < -0.4 is 0 Å². The zero-order valence-corrected chi connectivity index (χ0v) is 9.77. The molecule has 0 radical (unpaired) electrons. The van der Waals surface area contributed by atoms with Crippen molar-refractivity contribution in [1.82, 2.24) is 0 Å². The van der Waals surface area contributed by atoms with Gasteiger partial charge in [0.05, 0.1) is 11.4 Å². The fraction of sp³-hybridized carbons (Fsp3) is 0.300. The third-order valence-electron chi connectivity index (χ3n) is 1.93. The molecule has 1 N–H and O–H groups in total. The molecule has 0 fully saturated rings. The Kier molecular flexibility index (Phi) is 4.45. The zero-order valence-electron chi connectivity index (χ0n) is 8.20. The normalized spacial score (nSPS) is 12.5. The summed E-state index contributed by atoms with van der Waals surface area (Å²) in [5.41, 5.74) is 0.928. The summed E-state index contributed by atoms with van der Waals surface area (Å²) in [4.78, 5) is 11.3. The Morgan fingerprint density at radius 3 is 2.73 bits per heavy atom. The number of benzene rings is 1. The van der Waals surface area contributed by atoms with Gasteiger partial charge < -0.3 is 9.66 Å². The van der Waals surface area contributed by atoms with Crippen molar-refractivity contribution in [3.63, 3.8) is 0 Å². The van der Waals surface area contributed by atoms with Crippen LogP contribution in [0.5, 0.6) is 0 Å². The largest absolute Gasteiger partial charge is 0.611 e. The van der Waals surface area contributed by atoms with Crippen LogP contribution in [0.1, 0.15) is 15.9 Å². The smallest absolute Gasteiger partial charge is 0.335 e. The molecule has 0 aliphatic rings. The number of carboxylic acid groups (broad SMARTS) is 1. The Morgan fingerprint density at radius 2 is 2.27 bits per heavy atom. The third-order valence-corrected chi connectivity index (χ3v) is 3.87. The molecule has 0 aliphatic heterocycles. The highest BCUT2D eigenvalue weighted by Crippen LogP contribution is 2.18. The highest BCUT2D eigenvalue weighted by molar-refractivity contribution is 7.91. The molecule has 1 rings (SSSR count). The molecule has 0 aromatic heterocycles. The highest BCUT2D eigenvalue weighted by Gasteiger charge is 2.15. The molecule has 1 aromatic rings. The lowest BCUT2D eigenvalue weighted by atomic mass is 10.1. The molecule has 82 valence electrons. The van der Waals surface area contributed by atoms with E-state index in [1.807, 2.05) is 0 Å². The van der Waals surface area contributed by atoms with Crippen LogP contribution in [0, 0.1) is 6.92 Å². The Hall–Kier alpha value is -0.710. The molecule has 1 aromatic carbocycles. The van der Waals surface area contributed by atoms with E-state index in [0.29, 0.717) is 16.5 Å². The molecular weight excluding hydrogens is 236 g/mol. The van der Waals surface area contributed by atoms with Gasteiger partial charge in [-0.25, -0.2) is 4.79 Å².